The van der Waals surface area contributed by atoms with Crippen LogP contribution < -0.4 is 14.2 Å². The maximum absolute atomic E-state index is 14.7. The molecule has 4 rings (SSSR count). The summed E-state index contributed by atoms with van der Waals surface area (Å²) in [6, 6.07) is 9.23. The van der Waals surface area contributed by atoms with Gasteiger partial charge in [0.15, 0.2) is 5.82 Å². The summed E-state index contributed by atoms with van der Waals surface area (Å²) in [4.78, 5) is 15.9. The monoisotopic (exact) mass is 601 g/mol. The van der Waals surface area contributed by atoms with E-state index in [1.807, 2.05) is 0 Å². The molecule has 0 aliphatic carbocycles. The second kappa shape index (κ2) is 12.4. The van der Waals surface area contributed by atoms with Crippen LogP contribution in [0.1, 0.15) is 17.0 Å². The van der Waals surface area contributed by atoms with E-state index in [1.165, 1.54) is 24.5 Å². The van der Waals surface area contributed by atoms with Gasteiger partial charge in [-0.3, -0.25) is 4.72 Å². The first kappa shape index (κ1) is 29.6. The van der Waals surface area contributed by atoms with Crippen molar-refractivity contribution < 1.29 is 44.4 Å². The first-order valence-electron chi connectivity index (χ1n) is 11.4. The van der Waals surface area contributed by atoms with Crippen LogP contribution >= 0.6 is 0 Å². The van der Waals surface area contributed by atoms with Crippen molar-refractivity contribution in [1.29, 1.82) is 0 Å². The van der Waals surface area contributed by atoms with Gasteiger partial charge in [0.2, 0.25) is 11.8 Å². The number of halogens is 7. The summed E-state index contributed by atoms with van der Waals surface area (Å²) in [6.07, 6.45) is -5.31. The number of rotatable bonds is 10. The molecule has 3 aromatic heterocycles. The van der Waals surface area contributed by atoms with E-state index in [1.54, 1.807) is 6.07 Å². The molecule has 0 bridgehead atoms. The van der Waals surface area contributed by atoms with Gasteiger partial charge in [0.1, 0.15) is 47.2 Å². The van der Waals surface area contributed by atoms with E-state index in [-0.39, 0.29) is 53.3 Å². The lowest BCUT2D eigenvalue weighted by Crippen LogP contribution is -2.23. The van der Waals surface area contributed by atoms with Gasteiger partial charge in [-0.2, -0.15) is 26.3 Å². The molecule has 1 atom stereocenters. The minimum atomic E-state index is -4.75. The van der Waals surface area contributed by atoms with Crippen LogP contribution in [-0.2, 0) is 30.4 Å². The highest BCUT2D eigenvalue weighted by Crippen LogP contribution is 2.32. The lowest BCUT2D eigenvalue weighted by atomic mass is 10.1. The fraction of sp³-hybridized carbons (Fsp3) is 0.200. The van der Waals surface area contributed by atoms with Crippen molar-refractivity contribution in [2.45, 2.75) is 25.6 Å². The van der Waals surface area contributed by atoms with E-state index in [0.717, 1.165) is 36.5 Å². The third kappa shape index (κ3) is 8.57. The Morgan fingerprint density at radius 2 is 1.63 bits per heavy atom. The van der Waals surface area contributed by atoms with Gasteiger partial charge in [0, 0.05) is 30.2 Å². The number of nitrogens with one attached hydrogen (secondary N) is 1. The molecular weight excluding hydrogens is 583 g/mol. The molecule has 0 aliphatic rings. The number of alkyl halides is 6. The van der Waals surface area contributed by atoms with Gasteiger partial charge in [0.05, 0.1) is 5.56 Å². The van der Waals surface area contributed by atoms with Crippen molar-refractivity contribution in [3.05, 3.63) is 89.9 Å². The summed E-state index contributed by atoms with van der Waals surface area (Å²) in [7, 11) is -2.65. The third-order valence-electron chi connectivity index (χ3n) is 5.06. The van der Waals surface area contributed by atoms with Crippen LogP contribution in [0.2, 0.25) is 0 Å². The number of pyridine rings is 2. The largest absolute Gasteiger partial charge is 0.473 e. The van der Waals surface area contributed by atoms with Crippen LogP contribution in [-0.4, -0.2) is 36.1 Å². The Labute approximate surface area is 230 Å². The van der Waals surface area contributed by atoms with Crippen molar-refractivity contribution in [1.82, 2.24) is 19.9 Å². The van der Waals surface area contributed by atoms with Gasteiger partial charge in [-0.15, -0.1) is 0 Å². The van der Waals surface area contributed by atoms with Crippen molar-refractivity contribution in [3.8, 4) is 23.0 Å². The summed E-state index contributed by atoms with van der Waals surface area (Å²) in [6.45, 7) is -0.558. The number of hydrogen-bond acceptors (Lipinski definition) is 7. The minimum Gasteiger partial charge on any atom is -0.473 e. The molecule has 16 heteroatoms. The lowest BCUT2D eigenvalue weighted by molar-refractivity contribution is -0.137. The molecule has 1 aromatic carbocycles. The molecule has 41 heavy (non-hydrogen) atoms. The first-order valence-corrected chi connectivity index (χ1v) is 12.8. The van der Waals surface area contributed by atoms with Gasteiger partial charge in [-0.05, 0) is 35.9 Å². The Morgan fingerprint density at radius 1 is 0.878 bits per heavy atom. The number of aromatic nitrogens is 4. The number of ether oxygens (including phenoxy) is 2. The molecule has 0 spiro atoms. The van der Waals surface area contributed by atoms with E-state index >= 15 is 0 Å². The normalized spacial score (nSPS) is 12.6. The Kier molecular flexibility index (Phi) is 9.00. The van der Waals surface area contributed by atoms with Crippen LogP contribution in [0.15, 0.2) is 67.1 Å². The average molecular weight is 602 g/mol. The Balaban J connectivity index is 1.59. The molecule has 1 N–H and O–H groups in total. The molecule has 216 valence electrons. The molecule has 0 fully saturated rings. The predicted octanol–water partition coefficient (Wildman–Crippen LogP) is 5.89. The van der Waals surface area contributed by atoms with Crippen LogP contribution in [0.25, 0.3) is 11.3 Å². The Morgan fingerprint density at radius 3 is 2.34 bits per heavy atom. The van der Waals surface area contributed by atoms with Crippen molar-refractivity contribution in [3.63, 3.8) is 0 Å². The fourth-order valence-corrected chi connectivity index (χ4v) is 4.08. The van der Waals surface area contributed by atoms with Gasteiger partial charge in [-0.25, -0.2) is 28.5 Å². The number of benzene rings is 1. The highest BCUT2D eigenvalue weighted by atomic mass is 32.2. The lowest BCUT2D eigenvalue weighted by Gasteiger charge is -2.14. The number of anilines is 1. The SMILES string of the molecule is O=S(CC(F)(F)F)Nc1cc(-c2nc(OCc3cccc(C(F)(F)F)c3)ccc2F)cnc1OCc1ncccn1. The van der Waals surface area contributed by atoms with Crippen LogP contribution in [0.4, 0.5) is 36.4 Å². The zero-order valence-electron chi connectivity index (χ0n) is 20.5. The molecular formula is C25H18F7N5O3S. The van der Waals surface area contributed by atoms with E-state index in [2.05, 4.69) is 24.7 Å². The standard InChI is InChI=1S/C25H18F7N5O3S/c26-18-5-6-21(39-12-15-3-1-4-17(9-15)25(30,31)32)36-22(18)16-10-19(37-41(38)14-24(27,28)29)23(35-11-16)40-13-20-33-7-2-8-34-20/h1-11,37H,12-14H2. The van der Waals surface area contributed by atoms with Gasteiger partial charge in [0.25, 0.3) is 0 Å². The Hall–Kier alpha value is -4.34. The predicted molar refractivity (Wildman–Crippen MR) is 132 cm³/mol. The molecule has 0 radical (unpaired) electrons. The zero-order valence-corrected chi connectivity index (χ0v) is 21.4. The second-order valence-electron chi connectivity index (χ2n) is 8.20. The van der Waals surface area contributed by atoms with Gasteiger partial charge in [-0.1, -0.05) is 12.1 Å². The molecule has 8 nitrogen and oxygen atoms in total. The summed E-state index contributed by atoms with van der Waals surface area (Å²) in [5, 5.41) is 0. The molecule has 4 aromatic rings. The summed E-state index contributed by atoms with van der Waals surface area (Å²) < 4.78 is 117. The maximum atomic E-state index is 14.7. The van der Waals surface area contributed by atoms with E-state index in [9.17, 15) is 34.9 Å². The molecule has 0 saturated heterocycles. The molecule has 1 unspecified atom stereocenters. The van der Waals surface area contributed by atoms with E-state index in [0.29, 0.717) is 0 Å². The van der Waals surface area contributed by atoms with Gasteiger partial charge >= 0.3 is 12.4 Å². The zero-order chi connectivity index (χ0) is 29.6. The molecule has 0 amide bonds. The van der Waals surface area contributed by atoms with Crippen molar-refractivity contribution in [2.75, 3.05) is 10.5 Å². The number of nitrogens with zero attached hydrogens (tertiary/aromatic N) is 4. The second-order valence-corrected chi connectivity index (χ2v) is 9.39. The molecule has 0 aliphatic heterocycles. The van der Waals surface area contributed by atoms with Crippen molar-refractivity contribution >= 4 is 16.7 Å². The first-order chi connectivity index (χ1) is 19.4. The van der Waals surface area contributed by atoms with Crippen LogP contribution in [0.5, 0.6) is 11.8 Å². The third-order valence-corrected chi connectivity index (χ3v) is 6.10. The highest BCUT2D eigenvalue weighted by molar-refractivity contribution is 7.86. The van der Waals surface area contributed by atoms with Crippen molar-refractivity contribution in [2.24, 2.45) is 0 Å². The summed E-state index contributed by atoms with van der Waals surface area (Å²) in [5.41, 5.74) is -1.36. The summed E-state index contributed by atoms with van der Waals surface area (Å²) >= 11 is 0. The minimum absolute atomic E-state index is 0.0539. The molecule has 3 heterocycles. The maximum Gasteiger partial charge on any atom is 0.416 e. The quantitative estimate of drug-likeness (QED) is 0.227. The molecule has 0 saturated carbocycles. The van der Waals surface area contributed by atoms with Gasteiger partial charge < -0.3 is 9.47 Å². The Bertz CT molecular complexity index is 1520. The summed E-state index contributed by atoms with van der Waals surface area (Å²) in [5.74, 6) is -2.76. The highest BCUT2D eigenvalue weighted by Gasteiger charge is 2.31. The van der Waals surface area contributed by atoms with E-state index in [4.69, 9.17) is 9.47 Å². The van der Waals surface area contributed by atoms with Crippen LogP contribution in [0.3, 0.4) is 0 Å². The van der Waals surface area contributed by atoms with Crippen LogP contribution in [0, 0.1) is 5.82 Å². The fourth-order valence-electron chi connectivity index (χ4n) is 3.32. The topological polar surface area (TPSA) is 99.1 Å². The average Bonchev–Trinajstić information content (AvgIpc) is 2.91. The number of hydrogen-bond donors (Lipinski definition) is 1. The smallest absolute Gasteiger partial charge is 0.416 e. The van der Waals surface area contributed by atoms with E-state index < -0.39 is 40.5 Å².